The molecule has 0 amide bonds. The van der Waals surface area contributed by atoms with Gasteiger partial charge in [0.2, 0.25) is 0 Å². The molecule has 3 aromatic carbocycles. The van der Waals surface area contributed by atoms with Gasteiger partial charge in [0.05, 0.1) is 25.8 Å². The zero-order valence-corrected chi connectivity index (χ0v) is 21.5. The van der Waals surface area contributed by atoms with E-state index in [9.17, 15) is 4.79 Å². The Hall–Kier alpha value is -4.06. The van der Waals surface area contributed by atoms with Crippen molar-refractivity contribution in [2.45, 2.75) is 38.5 Å². The monoisotopic (exact) mass is 496 g/mol. The molecule has 6 heteroatoms. The Kier molecular flexibility index (Phi) is 6.99. The second kappa shape index (κ2) is 10.5. The summed E-state index contributed by atoms with van der Waals surface area (Å²) >= 11 is 0. The number of hydrogen-bond acceptors (Lipinski definition) is 4. The number of ether oxygens (including phenoxy) is 2. The fourth-order valence-electron chi connectivity index (χ4n) is 5.33. The summed E-state index contributed by atoms with van der Waals surface area (Å²) in [5, 5.41) is 9.14. The zero-order valence-electron chi connectivity index (χ0n) is 21.5. The molecule has 1 aliphatic carbocycles. The minimum Gasteiger partial charge on any atom is -0.497 e. The molecule has 1 heterocycles. The van der Waals surface area contributed by atoms with E-state index >= 15 is 0 Å². The fraction of sp³-hybridized carbons (Fsp3) is 0.290. The second-order valence-corrected chi connectivity index (χ2v) is 9.62. The van der Waals surface area contributed by atoms with Crippen LogP contribution in [0.4, 0.5) is 0 Å². The van der Waals surface area contributed by atoms with Crippen molar-refractivity contribution in [3.05, 3.63) is 89.2 Å². The van der Waals surface area contributed by atoms with E-state index < -0.39 is 5.97 Å². The average Bonchev–Trinajstić information content (AvgIpc) is 3.43. The number of nitrogens with zero attached hydrogens (tertiary/aromatic N) is 2. The largest absolute Gasteiger partial charge is 0.497 e. The molecule has 0 bridgehead atoms. The van der Waals surface area contributed by atoms with Gasteiger partial charge in [0.15, 0.2) is 0 Å². The highest BCUT2D eigenvalue weighted by molar-refractivity contribution is 5.69. The van der Waals surface area contributed by atoms with Crippen LogP contribution in [0.1, 0.15) is 41.3 Å². The molecule has 1 aromatic heterocycles. The molecule has 1 aliphatic rings. The van der Waals surface area contributed by atoms with Crippen molar-refractivity contribution in [2.75, 3.05) is 13.7 Å². The highest BCUT2D eigenvalue weighted by atomic mass is 16.5. The van der Waals surface area contributed by atoms with E-state index in [0.29, 0.717) is 6.61 Å². The summed E-state index contributed by atoms with van der Waals surface area (Å²) in [7, 11) is 3.73. The topological polar surface area (TPSA) is 73.6 Å². The van der Waals surface area contributed by atoms with Gasteiger partial charge in [-0.3, -0.25) is 4.79 Å². The molecule has 0 saturated heterocycles. The number of hydrogen-bond donors (Lipinski definition) is 1. The first-order valence-electron chi connectivity index (χ1n) is 12.7. The lowest BCUT2D eigenvalue weighted by Gasteiger charge is -2.12. The standard InChI is InChI=1S/C31H32N2O4/c1-20-29(16-17-37-27-14-15-28-24(18-27)8-9-25(28)19-30(34)35)33(2)31(32-20)23-6-4-21(5-7-23)22-10-12-26(36-3)13-11-22/h4-7,10-15,18,25H,8-9,16-17,19H2,1-3H3,(H,34,35)/t25-/m0/s1. The van der Waals surface area contributed by atoms with Crippen LogP contribution in [-0.2, 0) is 24.7 Å². The first kappa shape index (κ1) is 24.6. The maximum atomic E-state index is 11.1. The second-order valence-electron chi connectivity index (χ2n) is 9.62. The first-order valence-corrected chi connectivity index (χ1v) is 12.7. The van der Waals surface area contributed by atoms with Gasteiger partial charge in [-0.2, -0.15) is 0 Å². The number of aliphatic carboxylic acids is 1. The highest BCUT2D eigenvalue weighted by Crippen LogP contribution is 2.37. The van der Waals surface area contributed by atoms with Crippen LogP contribution in [0.3, 0.4) is 0 Å². The molecule has 5 rings (SSSR count). The summed E-state index contributed by atoms with van der Waals surface area (Å²) in [5.41, 5.74) is 7.88. The minimum atomic E-state index is -0.739. The highest BCUT2D eigenvalue weighted by Gasteiger charge is 2.25. The van der Waals surface area contributed by atoms with Gasteiger partial charge in [-0.25, -0.2) is 4.98 Å². The zero-order chi connectivity index (χ0) is 25.9. The summed E-state index contributed by atoms with van der Waals surface area (Å²) in [6.45, 7) is 2.59. The van der Waals surface area contributed by atoms with Crippen molar-refractivity contribution in [1.82, 2.24) is 9.55 Å². The SMILES string of the molecule is COc1ccc(-c2ccc(-c3nc(C)c(CCOc4ccc5c(c4)CC[C@H]5CC(=O)O)n3C)cc2)cc1. The van der Waals surface area contributed by atoms with E-state index in [1.165, 1.54) is 5.56 Å². The summed E-state index contributed by atoms with van der Waals surface area (Å²) in [4.78, 5) is 16.0. The molecular weight excluding hydrogens is 464 g/mol. The summed E-state index contributed by atoms with van der Waals surface area (Å²) < 4.78 is 13.5. The van der Waals surface area contributed by atoms with Crippen LogP contribution in [-0.4, -0.2) is 34.3 Å². The number of carbonyl (C=O) groups is 1. The predicted octanol–water partition coefficient (Wildman–Crippen LogP) is 6.20. The van der Waals surface area contributed by atoms with Crippen LogP contribution in [0.5, 0.6) is 11.5 Å². The van der Waals surface area contributed by atoms with Crippen LogP contribution in [0.25, 0.3) is 22.5 Å². The van der Waals surface area contributed by atoms with E-state index in [1.807, 2.05) is 31.2 Å². The maximum absolute atomic E-state index is 11.1. The summed E-state index contributed by atoms with van der Waals surface area (Å²) in [5.74, 6) is 2.00. The number of aryl methyl sites for hydroxylation is 2. The van der Waals surface area contributed by atoms with Crippen molar-refractivity contribution in [3.63, 3.8) is 0 Å². The minimum absolute atomic E-state index is 0.113. The van der Waals surface area contributed by atoms with E-state index in [0.717, 1.165) is 70.2 Å². The lowest BCUT2D eigenvalue weighted by Crippen LogP contribution is -2.07. The Morgan fingerprint density at radius 1 is 1.00 bits per heavy atom. The quantitative estimate of drug-likeness (QED) is 0.299. The molecule has 0 fully saturated rings. The van der Waals surface area contributed by atoms with Gasteiger partial charge in [-0.15, -0.1) is 0 Å². The van der Waals surface area contributed by atoms with Gasteiger partial charge < -0.3 is 19.1 Å². The Balaban J connectivity index is 1.24. The third kappa shape index (κ3) is 5.24. The van der Waals surface area contributed by atoms with Gasteiger partial charge in [-0.05, 0) is 72.2 Å². The van der Waals surface area contributed by atoms with Crippen molar-refractivity contribution < 1.29 is 19.4 Å². The van der Waals surface area contributed by atoms with Crippen LogP contribution in [0, 0.1) is 6.92 Å². The average molecular weight is 497 g/mol. The van der Waals surface area contributed by atoms with E-state index in [-0.39, 0.29) is 12.3 Å². The Bertz CT molecular complexity index is 1400. The number of fused-ring (bicyclic) bond motifs is 1. The van der Waals surface area contributed by atoms with Gasteiger partial charge in [0.1, 0.15) is 17.3 Å². The maximum Gasteiger partial charge on any atom is 0.303 e. The molecule has 1 atom stereocenters. The number of imidazole rings is 1. The molecule has 0 unspecified atom stereocenters. The van der Waals surface area contributed by atoms with Crippen LogP contribution in [0.15, 0.2) is 66.7 Å². The van der Waals surface area contributed by atoms with E-state index in [1.54, 1.807) is 7.11 Å². The molecule has 37 heavy (non-hydrogen) atoms. The molecule has 6 nitrogen and oxygen atoms in total. The smallest absolute Gasteiger partial charge is 0.303 e. The number of benzene rings is 3. The molecule has 1 N–H and O–H groups in total. The van der Waals surface area contributed by atoms with Gasteiger partial charge in [-0.1, -0.05) is 42.5 Å². The molecular formula is C31H32N2O4. The van der Waals surface area contributed by atoms with Crippen LogP contribution in [0.2, 0.25) is 0 Å². The van der Waals surface area contributed by atoms with Crippen LogP contribution >= 0.6 is 0 Å². The molecule has 0 spiro atoms. The Labute approximate surface area is 217 Å². The van der Waals surface area contributed by atoms with Crippen molar-refractivity contribution in [2.24, 2.45) is 7.05 Å². The molecule has 190 valence electrons. The number of carboxylic acids is 1. The van der Waals surface area contributed by atoms with E-state index in [2.05, 4.69) is 54.1 Å². The Morgan fingerprint density at radius 2 is 1.65 bits per heavy atom. The van der Waals surface area contributed by atoms with Gasteiger partial charge in [0.25, 0.3) is 0 Å². The normalized spacial score (nSPS) is 14.4. The van der Waals surface area contributed by atoms with Crippen LogP contribution < -0.4 is 9.47 Å². The number of methoxy groups -OCH3 is 1. The van der Waals surface area contributed by atoms with Gasteiger partial charge in [0, 0.05) is 24.7 Å². The van der Waals surface area contributed by atoms with Gasteiger partial charge >= 0.3 is 5.97 Å². The molecule has 4 aromatic rings. The number of carboxylic acid groups (broad SMARTS) is 1. The Morgan fingerprint density at radius 3 is 2.32 bits per heavy atom. The number of aromatic nitrogens is 2. The third-order valence-corrected chi connectivity index (χ3v) is 7.33. The van der Waals surface area contributed by atoms with Crippen molar-refractivity contribution in [1.29, 1.82) is 0 Å². The third-order valence-electron chi connectivity index (χ3n) is 7.33. The molecule has 0 aliphatic heterocycles. The lowest BCUT2D eigenvalue weighted by atomic mass is 9.98. The summed E-state index contributed by atoms with van der Waals surface area (Å²) in [6, 6.07) is 22.6. The first-order chi connectivity index (χ1) is 17.9. The fourth-order valence-corrected chi connectivity index (χ4v) is 5.33. The predicted molar refractivity (Wildman–Crippen MR) is 144 cm³/mol. The van der Waals surface area contributed by atoms with Crippen molar-refractivity contribution >= 4 is 5.97 Å². The summed E-state index contributed by atoms with van der Waals surface area (Å²) in [6.07, 6.45) is 2.74. The number of rotatable bonds is 9. The van der Waals surface area contributed by atoms with E-state index in [4.69, 9.17) is 19.6 Å². The van der Waals surface area contributed by atoms with Crippen molar-refractivity contribution in [3.8, 4) is 34.0 Å². The molecule has 0 saturated carbocycles. The lowest BCUT2D eigenvalue weighted by molar-refractivity contribution is -0.137. The molecule has 0 radical (unpaired) electrons.